The third kappa shape index (κ3) is 6.35. The van der Waals surface area contributed by atoms with Gasteiger partial charge in [-0.25, -0.2) is 4.79 Å². The molecule has 2 atom stereocenters. The molecule has 0 radical (unpaired) electrons. The minimum atomic E-state index is -0.263. The molecule has 0 aromatic heterocycles. The minimum Gasteiger partial charge on any atom is -0.494 e. The molecule has 5 heteroatoms. The van der Waals surface area contributed by atoms with Gasteiger partial charge in [0.15, 0.2) is 0 Å². The number of hydrogen-bond donors (Lipinski definition) is 3. The van der Waals surface area contributed by atoms with E-state index in [9.17, 15) is 9.90 Å². The Morgan fingerprint density at radius 3 is 2.32 bits per heavy atom. The molecule has 0 aliphatic carbocycles. The number of aliphatic hydroxyl groups is 1. The predicted molar refractivity (Wildman–Crippen MR) is 88.0 cm³/mol. The maximum Gasteiger partial charge on any atom is 0.315 e. The molecule has 0 aliphatic heterocycles. The number of aliphatic hydroxyl groups excluding tert-OH is 1. The molecule has 0 saturated heterocycles. The molecule has 0 heterocycles. The lowest BCUT2D eigenvalue weighted by Crippen LogP contribution is -2.45. The van der Waals surface area contributed by atoms with Crippen LogP contribution in [0, 0.1) is 5.92 Å². The van der Waals surface area contributed by atoms with Crippen LogP contribution in [0.3, 0.4) is 0 Å². The van der Waals surface area contributed by atoms with Crippen molar-refractivity contribution in [2.24, 2.45) is 5.92 Å². The Kier molecular flexibility index (Phi) is 7.74. The molecule has 3 N–H and O–H groups in total. The monoisotopic (exact) mass is 308 g/mol. The highest BCUT2D eigenvalue weighted by Crippen LogP contribution is 2.17. The number of carbonyl (C=O) groups excluding carboxylic acids is 1. The molecule has 22 heavy (non-hydrogen) atoms. The molecule has 0 spiro atoms. The van der Waals surface area contributed by atoms with Crippen molar-refractivity contribution in [3.63, 3.8) is 0 Å². The molecule has 0 bridgehead atoms. The standard InChI is InChI=1S/C17H28N2O3/c1-5-22-16-8-6-14(7-9-16)13(4)18-17(21)19-15(11-20)10-12(2)3/h6-9,12-13,15,20H,5,10-11H2,1-4H3,(H2,18,19,21). The summed E-state index contributed by atoms with van der Waals surface area (Å²) in [6.07, 6.45) is 0.751. The van der Waals surface area contributed by atoms with E-state index in [1.165, 1.54) is 0 Å². The van der Waals surface area contributed by atoms with E-state index in [4.69, 9.17) is 4.74 Å². The largest absolute Gasteiger partial charge is 0.494 e. The van der Waals surface area contributed by atoms with Crippen LogP contribution in [-0.4, -0.2) is 30.4 Å². The molecule has 2 unspecified atom stereocenters. The van der Waals surface area contributed by atoms with Crippen LogP contribution in [-0.2, 0) is 0 Å². The fourth-order valence-electron chi connectivity index (χ4n) is 2.27. The van der Waals surface area contributed by atoms with Gasteiger partial charge in [0.2, 0.25) is 0 Å². The van der Waals surface area contributed by atoms with Gasteiger partial charge in [0.25, 0.3) is 0 Å². The number of hydrogen-bond acceptors (Lipinski definition) is 3. The quantitative estimate of drug-likeness (QED) is 0.691. The average Bonchev–Trinajstić information content (AvgIpc) is 2.47. The first kappa shape index (κ1) is 18.3. The van der Waals surface area contributed by atoms with Gasteiger partial charge in [0.1, 0.15) is 5.75 Å². The molecular formula is C17H28N2O3. The SMILES string of the molecule is CCOc1ccc(C(C)NC(=O)NC(CO)CC(C)C)cc1. The van der Waals surface area contributed by atoms with Gasteiger partial charge in [-0.2, -0.15) is 0 Å². The van der Waals surface area contributed by atoms with Gasteiger partial charge in [-0.05, 0) is 43.9 Å². The van der Waals surface area contributed by atoms with Crippen LogP contribution in [0.5, 0.6) is 5.75 Å². The Morgan fingerprint density at radius 1 is 1.18 bits per heavy atom. The molecule has 0 fully saturated rings. The first-order valence-corrected chi connectivity index (χ1v) is 7.86. The molecule has 5 nitrogen and oxygen atoms in total. The van der Waals surface area contributed by atoms with Crippen LogP contribution < -0.4 is 15.4 Å². The second-order valence-corrected chi connectivity index (χ2v) is 5.85. The zero-order valence-electron chi connectivity index (χ0n) is 13.9. The van der Waals surface area contributed by atoms with E-state index in [0.29, 0.717) is 12.5 Å². The van der Waals surface area contributed by atoms with Gasteiger partial charge in [0, 0.05) is 0 Å². The molecular weight excluding hydrogens is 280 g/mol. The van der Waals surface area contributed by atoms with Crippen molar-refractivity contribution in [2.45, 2.75) is 46.2 Å². The number of amides is 2. The van der Waals surface area contributed by atoms with Gasteiger partial charge in [-0.1, -0.05) is 26.0 Å². The Labute approximate surface area is 133 Å². The van der Waals surface area contributed by atoms with Crippen molar-refractivity contribution < 1.29 is 14.6 Å². The highest BCUT2D eigenvalue weighted by molar-refractivity contribution is 5.74. The normalized spacial score (nSPS) is 13.5. The van der Waals surface area contributed by atoms with Crippen molar-refractivity contribution >= 4 is 6.03 Å². The zero-order valence-corrected chi connectivity index (χ0v) is 13.9. The molecule has 0 saturated carbocycles. The molecule has 0 aliphatic rings. The number of rotatable bonds is 8. The highest BCUT2D eigenvalue weighted by Gasteiger charge is 2.15. The number of benzene rings is 1. The summed E-state index contributed by atoms with van der Waals surface area (Å²) in [5, 5.41) is 15.0. The summed E-state index contributed by atoms with van der Waals surface area (Å²) in [7, 11) is 0. The van der Waals surface area contributed by atoms with Gasteiger partial charge in [-0.15, -0.1) is 0 Å². The van der Waals surface area contributed by atoms with Crippen LogP contribution in [0.2, 0.25) is 0 Å². The van der Waals surface area contributed by atoms with Crippen LogP contribution in [0.25, 0.3) is 0 Å². The fraction of sp³-hybridized carbons (Fsp3) is 0.588. The van der Waals surface area contributed by atoms with E-state index in [-0.39, 0.29) is 24.7 Å². The molecule has 1 aromatic carbocycles. The van der Waals surface area contributed by atoms with Gasteiger partial charge in [-0.3, -0.25) is 0 Å². The highest BCUT2D eigenvalue weighted by atomic mass is 16.5. The first-order chi connectivity index (χ1) is 10.5. The summed E-state index contributed by atoms with van der Waals surface area (Å²) < 4.78 is 5.40. The third-order valence-corrected chi connectivity index (χ3v) is 3.35. The fourth-order valence-corrected chi connectivity index (χ4v) is 2.27. The van der Waals surface area contributed by atoms with Crippen molar-refractivity contribution in [3.8, 4) is 5.75 Å². The molecule has 1 aromatic rings. The van der Waals surface area contributed by atoms with Crippen molar-refractivity contribution in [3.05, 3.63) is 29.8 Å². The maximum absolute atomic E-state index is 12.0. The van der Waals surface area contributed by atoms with E-state index in [1.54, 1.807) is 0 Å². The van der Waals surface area contributed by atoms with Gasteiger partial charge < -0.3 is 20.5 Å². The average molecular weight is 308 g/mol. The van der Waals surface area contributed by atoms with Crippen molar-refractivity contribution in [1.82, 2.24) is 10.6 Å². The minimum absolute atomic E-state index is 0.0525. The van der Waals surface area contributed by atoms with Crippen LogP contribution in [0.15, 0.2) is 24.3 Å². The zero-order chi connectivity index (χ0) is 16.5. The molecule has 2 amide bonds. The summed E-state index contributed by atoms with van der Waals surface area (Å²) in [4.78, 5) is 12.0. The molecule has 1 rings (SSSR count). The van der Waals surface area contributed by atoms with Crippen LogP contribution in [0.1, 0.15) is 45.7 Å². The van der Waals surface area contributed by atoms with E-state index in [2.05, 4.69) is 24.5 Å². The summed E-state index contributed by atoms with van der Waals surface area (Å²) >= 11 is 0. The Hall–Kier alpha value is -1.75. The third-order valence-electron chi connectivity index (χ3n) is 3.35. The number of ether oxygens (including phenoxy) is 1. The lowest BCUT2D eigenvalue weighted by atomic mass is 10.0. The Bertz CT molecular complexity index is 446. The lowest BCUT2D eigenvalue weighted by Gasteiger charge is -2.21. The Morgan fingerprint density at radius 2 is 1.82 bits per heavy atom. The van der Waals surface area contributed by atoms with E-state index in [0.717, 1.165) is 17.7 Å². The smallest absolute Gasteiger partial charge is 0.315 e. The van der Waals surface area contributed by atoms with Gasteiger partial charge in [0.05, 0.1) is 25.3 Å². The lowest BCUT2D eigenvalue weighted by molar-refractivity contribution is 0.205. The topological polar surface area (TPSA) is 70.6 Å². The van der Waals surface area contributed by atoms with E-state index in [1.807, 2.05) is 38.1 Å². The summed E-state index contributed by atoms with van der Waals surface area (Å²) in [6, 6.07) is 7.07. The predicted octanol–water partition coefficient (Wildman–Crippen LogP) is 2.85. The second kappa shape index (κ2) is 9.30. The van der Waals surface area contributed by atoms with E-state index < -0.39 is 0 Å². The number of urea groups is 1. The summed E-state index contributed by atoms with van der Waals surface area (Å²) in [5.74, 6) is 1.24. The number of nitrogens with one attached hydrogen (secondary N) is 2. The Balaban J connectivity index is 2.52. The second-order valence-electron chi connectivity index (χ2n) is 5.85. The maximum atomic E-state index is 12.0. The van der Waals surface area contributed by atoms with Crippen molar-refractivity contribution in [2.75, 3.05) is 13.2 Å². The van der Waals surface area contributed by atoms with E-state index >= 15 is 0 Å². The summed E-state index contributed by atoms with van der Waals surface area (Å²) in [6.45, 7) is 8.56. The number of carbonyl (C=O) groups is 1. The van der Waals surface area contributed by atoms with Crippen molar-refractivity contribution in [1.29, 1.82) is 0 Å². The van der Waals surface area contributed by atoms with Crippen LogP contribution >= 0.6 is 0 Å². The molecule has 124 valence electrons. The van der Waals surface area contributed by atoms with Crippen LogP contribution in [0.4, 0.5) is 4.79 Å². The van der Waals surface area contributed by atoms with Gasteiger partial charge >= 0.3 is 6.03 Å². The first-order valence-electron chi connectivity index (χ1n) is 7.86. The summed E-state index contributed by atoms with van der Waals surface area (Å²) in [5.41, 5.74) is 1.00.